The van der Waals surface area contributed by atoms with Gasteiger partial charge in [0.15, 0.2) is 0 Å². The Kier molecular flexibility index (Phi) is 6.12. The van der Waals surface area contributed by atoms with Crippen LogP contribution < -0.4 is 5.32 Å². The fraction of sp³-hybridized carbons (Fsp3) is 0.467. The van der Waals surface area contributed by atoms with Gasteiger partial charge >= 0.3 is 12.2 Å². The number of amides is 2. The number of nitrogens with zero attached hydrogens (tertiary/aromatic N) is 2. The number of para-hydroxylation sites is 1. The van der Waals surface area contributed by atoms with Gasteiger partial charge in [-0.3, -0.25) is 0 Å². The average molecular weight is 333 g/mol. The molecule has 0 saturated carbocycles. The molecule has 2 amide bonds. The van der Waals surface area contributed by atoms with Crippen molar-refractivity contribution in [3.63, 3.8) is 0 Å². The van der Waals surface area contributed by atoms with Gasteiger partial charge in [0.05, 0.1) is 11.3 Å². The fourth-order valence-corrected chi connectivity index (χ4v) is 2.15. The molecule has 23 heavy (non-hydrogen) atoms. The zero-order valence-corrected chi connectivity index (χ0v) is 13.3. The van der Waals surface area contributed by atoms with Crippen molar-refractivity contribution in [2.45, 2.75) is 46.0 Å². The van der Waals surface area contributed by atoms with Gasteiger partial charge in [-0.25, -0.2) is 4.79 Å². The molecule has 0 fully saturated rings. The average Bonchev–Trinajstić information content (AvgIpc) is 2.36. The quantitative estimate of drug-likeness (QED) is 0.378. The Morgan fingerprint density at radius 3 is 2.13 bits per heavy atom. The van der Waals surface area contributed by atoms with Crippen molar-refractivity contribution >= 4 is 17.8 Å². The van der Waals surface area contributed by atoms with Crippen LogP contribution in [0, 0.1) is 0 Å². The third-order valence-electron chi connectivity index (χ3n) is 2.99. The number of anilines is 1. The third-order valence-corrected chi connectivity index (χ3v) is 2.99. The Morgan fingerprint density at radius 1 is 1.13 bits per heavy atom. The lowest BCUT2D eigenvalue weighted by Gasteiger charge is -2.29. The van der Waals surface area contributed by atoms with Crippen LogP contribution in [0.4, 0.5) is 28.0 Å². The number of nitrogens with one attached hydrogen (secondary N) is 1. The number of halogens is 4. The summed E-state index contributed by atoms with van der Waals surface area (Å²) in [5.74, 6) is 0. The lowest BCUT2D eigenvalue weighted by Crippen LogP contribution is -2.40. The van der Waals surface area contributed by atoms with Crippen molar-refractivity contribution in [2.75, 3.05) is 5.32 Å². The normalized spacial score (nSPS) is 12.7. The van der Waals surface area contributed by atoms with E-state index in [9.17, 15) is 22.4 Å². The van der Waals surface area contributed by atoms with E-state index in [1.165, 1.54) is 17.0 Å². The summed E-state index contributed by atoms with van der Waals surface area (Å²) < 4.78 is 52.5. The summed E-state index contributed by atoms with van der Waals surface area (Å²) in [6, 6.07) is 2.72. The molecule has 1 aromatic carbocycles. The minimum Gasteiger partial charge on any atom is -0.328 e. The highest BCUT2D eigenvalue weighted by Gasteiger charge is 2.33. The van der Waals surface area contributed by atoms with Crippen LogP contribution in [0.2, 0.25) is 0 Å². The Hall–Kier alpha value is -2.12. The molecule has 1 N–H and O–H groups in total. The molecule has 0 atom stereocenters. The summed E-state index contributed by atoms with van der Waals surface area (Å²) in [4.78, 5) is 16.2. The van der Waals surface area contributed by atoms with Gasteiger partial charge in [0.1, 0.15) is 0 Å². The summed E-state index contributed by atoms with van der Waals surface area (Å²) in [7, 11) is 0. The zero-order valence-electron chi connectivity index (χ0n) is 13.3. The van der Waals surface area contributed by atoms with Crippen molar-refractivity contribution in [3.05, 3.63) is 29.8 Å². The molecule has 1 aromatic rings. The SMILES string of the molecule is CC(C)N(C(F)=NC(=O)Nc1ccccc1C(F)(F)F)C(C)C. The number of hydrogen-bond acceptors (Lipinski definition) is 1. The van der Waals surface area contributed by atoms with Crippen LogP contribution in [0.5, 0.6) is 0 Å². The fourth-order valence-electron chi connectivity index (χ4n) is 2.15. The highest BCUT2D eigenvalue weighted by Crippen LogP contribution is 2.34. The minimum atomic E-state index is -4.63. The summed E-state index contributed by atoms with van der Waals surface area (Å²) in [5, 5.41) is 1.97. The molecule has 0 aromatic heterocycles. The number of benzene rings is 1. The molecule has 0 aliphatic rings. The van der Waals surface area contributed by atoms with Crippen LogP contribution in [0.25, 0.3) is 0 Å². The molecular weight excluding hydrogens is 314 g/mol. The molecule has 8 heteroatoms. The predicted molar refractivity (Wildman–Crippen MR) is 81.1 cm³/mol. The topological polar surface area (TPSA) is 44.7 Å². The minimum absolute atomic E-state index is 0.256. The number of hydrogen-bond donors (Lipinski definition) is 1. The van der Waals surface area contributed by atoms with Gasteiger partial charge in [-0.1, -0.05) is 12.1 Å². The molecule has 1 rings (SSSR count). The number of amidine groups is 1. The number of carbonyl (C=O) groups is 1. The smallest absolute Gasteiger partial charge is 0.328 e. The molecule has 128 valence electrons. The van der Waals surface area contributed by atoms with Gasteiger partial charge in [0, 0.05) is 12.1 Å². The molecular formula is C15H19F4N3O. The first-order valence-corrected chi connectivity index (χ1v) is 7.03. The maximum absolute atomic E-state index is 14.0. The van der Waals surface area contributed by atoms with E-state index >= 15 is 0 Å². The second-order valence-electron chi connectivity index (χ2n) is 5.45. The Labute approximate surface area is 132 Å². The van der Waals surface area contributed by atoms with E-state index in [-0.39, 0.29) is 12.1 Å². The lowest BCUT2D eigenvalue weighted by molar-refractivity contribution is -0.136. The second-order valence-corrected chi connectivity index (χ2v) is 5.45. The first-order valence-electron chi connectivity index (χ1n) is 7.03. The zero-order chi connectivity index (χ0) is 17.8. The van der Waals surface area contributed by atoms with Gasteiger partial charge in [-0.15, -0.1) is 4.99 Å². The number of carbonyl (C=O) groups excluding carboxylic acids is 1. The highest BCUT2D eigenvalue weighted by atomic mass is 19.4. The maximum atomic E-state index is 14.0. The van der Waals surface area contributed by atoms with E-state index in [0.717, 1.165) is 12.1 Å². The number of urea groups is 1. The molecule has 4 nitrogen and oxygen atoms in total. The van der Waals surface area contributed by atoms with Gasteiger partial charge in [-0.2, -0.15) is 17.6 Å². The van der Waals surface area contributed by atoms with Crippen molar-refractivity contribution in [1.82, 2.24) is 4.90 Å². The van der Waals surface area contributed by atoms with E-state index in [4.69, 9.17) is 0 Å². The Balaban J connectivity index is 2.99. The van der Waals surface area contributed by atoms with E-state index in [0.29, 0.717) is 0 Å². The van der Waals surface area contributed by atoms with Gasteiger partial charge in [0.25, 0.3) is 6.09 Å². The first-order chi connectivity index (χ1) is 10.5. The summed E-state index contributed by atoms with van der Waals surface area (Å²) >= 11 is 0. The van der Waals surface area contributed by atoms with Crippen LogP contribution in [-0.2, 0) is 6.18 Å². The number of alkyl halides is 3. The predicted octanol–water partition coefficient (Wildman–Crippen LogP) is 4.68. The highest BCUT2D eigenvalue weighted by molar-refractivity contribution is 5.97. The molecule has 0 unspecified atom stereocenters. The van der Waals surface area contributed by atoms with Crippen molar-refractivity contribution in [3.8, 4) is 0 Å². The van der Waals surface area contributed by atoms with E-state index in [1.807, 2.05) is 5.32 Å². The van der Waals surface area contributed by atoms with Crippen LogP contribution >= 0.6 is 0 Å². The summed E-state index contributed by atoms with van der Waals surface area (Å²) in [6.07, 6.45) is -5.68. The molecule has 0 spiro atoms. The molecule has 0 radical (unpaired) electrons. The van der Waals surface area contributed by atoms with Crippen LogP contribution in [0.15, 0.2) is 29.3 Å². The van der Waals surface area contributed by atoms with Crippen molar-refractivity contribution < 1.29 is 22.4 Å². The van der Waals surface area contributed by atoms with Crippen LogP contribution in [0.3, 0.4) is 0 Å². The largest absolute Gasteiger partial charge is 0.418 e. The standard InChI is InChI=1S/C15H19F4N3O/c1-9(2)22(10(3)4)13(16)21-14(23)20-12-8-6-5-7-11(12)15(17,18)19/h5-10H,1-4H3,(H,20,23). The number of aliphatic imine (C=N–C) groups is 1. The van der Waals surface area contributed by atoms with Crippen LogP contribution in [0.1, 0.15) is 33.3 Å². The van der Waals surface area contributed by atoms with Crippen molar-refractivity contribution in [1.29, 1.82) is 0 Å². The summed E-state index contributed by atoms with van der Waals surface area (Å²) in [6.45, 7) is 6.86. The molecule has 0 aliphatic carbocycles. The lowest BCUT2D eigenvalue weighted by atomic mass is 10.1. The third kappa shape index (κ3) is 5.22. The van der Waals surface area contributed by atoms with Crippen molar-refractivity contribution in [2.24, 2.45) is 4.99 Å². The van der Waals surface area contributed by atoms with E-state index in [2.05, 4.69) is 4.99 Å². The second kappa shape index (κ2) is 7.43. The Morgan fingerprint density at radius 2 is 1.65 bits per heavy atom. The maximum Gasteiger partial charge on any atom is 0.418 e. The number of rotatable bonds is 3. The van der Waals surface area contributed by atoms with Gasteiger partial charge in [0.2, 0.25) is 0 Å². The summed E-state index contributed by atoms with van der Waals surface area (Å²) in [5.41, 5.74) is -1.49. The molecule has 0 heterocycles. The molecule has 0 bridgehead atoms. The van der Waals surface area contributed by atoms with E-state index < -0.39 is 29.5 Å². The molecule has 0 aliphatic heterocycles. The van der Waals surface area contributed by atoms with Gasteiger partial charge in [-0.05, 0) is 39.8 Å². The van der Waals surface area contributed by atoms with Gasteiger partial charge < -0.3 is 10.2 Å². The van der Waals surface area contributed by atoms with Crippen LogP contribution in [-0.4, -0.2) is 29.1 Å². The van der Waals surface area contributed by atoms with E-state index in [1.54, 1.807) is 27.7 Å². The Bertz CT molecular complexity index is 574. The monoisotopic (exact) mass is 333 g/mol. The molecule has 0 saturated heterocycles. The first kappa shape index (κ1) is 18.9.